The SMILES string of the molecule is CCC[CH2][Sn]([CH2]CCC)([CH2]CCC)[c]1cc(-c2ccccc2)n(C(F)F)n1. The number of benzene rings is 1. The molecule has 0 amide bonds. The summed E-state index contributed by atoms with van der Waals surface area (Å²) in [5, 5.41) is 4.58. The Morgan fingerprint density at radius 2 is 1.41 bits per heavy atom. The average Bonchev–Trinajstić information content (AvgIpc) is 3.15. The van der Waals surface area contributed by atoms with Crippen molar-refractivity contribution in [2.24, 2.45) is 0 Å². The maximum atomic E-state index is 13.8. The van der Waals surface area contributed by atoms with E-state index in [4.69, 9.17) is 0 Å². The molecule has 0 spiro atoms. The molecule has 2 aromatic rings. The van der Waals surface area contributed by atoms with E-state index in [9.17, 15) is 8.78 Å². The fourth-order valence-electron chi connectivity index (χ4n) is 3.93. The molecular formula is C22H34F2N2Sn. The Kier molecular flexibility index (Phi) is 9.26. The minimum absolute atomic E-state index is 0.575. The van der Waals surface area contributed by atoms with Gasteiger partial charge in [0.05, 0.1) is 0 Å². The average molecular weight is 483 g/mol. The van der Waals surface area contributed by atoms with Gasteiger partial charge >= 0.3 is 167 Å². The second-order valence-electron chi connectivity index (χ2n) is 7.59. The molecule has 150 valence electrons. The Morgan fingerprint density at radius 1 is 0.889 bits per heavy atom. The van der Waals surface area contributed by atoms with Crippen molar-refractivity contribution in [3.8, 4) is 11.3 Å². The molecule has 27 heavy (non-hydrogen) atoms. The zero-order valence-electron chi connectivity index (χ0n) is 17.1. The number of halogens is 2. The van der Waals surface area contributed by atoms with Crippen molar-refractivity contribution < 1.29 is 8.78 Å². The van der Waals surface area contributed by atoms with Crippen LogP contribution in [0.25, 0.3) is 11.3 Å². The fourth-order valence-corrected chi connectivity index (χ4v) is 19.3. The maximum absolute atomic E-state index is 13.8. The van der Waals surface area contributed by atoms with Crippen molar-refractivity contribution in [2.45, 2.75) is 79.2 Å². The summed E-state index contributed by atoms with van der Waals surface area (Å²) in [7, 11) is 0. The summed E-state index contributed by atoms with van der Waals surface area (Å²) in [5.74, 6) is 0. The first-order valence-electron chi connectivity index (χ1n) is 10.5. The van der Waals surface area contributed by atoms with E-state index in [0.717, 1.165) is 33.2 Å². The first kappa shape index (κ1) is 22.4. The van der Waals surface area contributed by atoms with Gasteiger partial charge in [-0.25, -0.2) is 0 Å². The Morgan fingerprint density at radius 3 is 1.85 bits per heavy atom. The molecular weight excluding hydrogens is 449 g/mol. The summed E-state index contributed by atoms with van der Waals surface area (Å²) in [4.78, 5) is 0. The zero-order chi connectivity index (χ0) is 19.7. The normalized spacial score (nSPS) is 12.1. The van der Waals surface area contributed by atoms with Crippen LogP contribution >= 0.6 is 0 Å². The van der Waals surface area contributed by atoms with E-state index < -0.39 is 24.9 Å². The molecule has 0 atom stereocenters. The van der Waals surface area contributed by atoms with Crippen LogP contribution in [0.5, 0.6) is 0 Å². The van der Waals surface area contributed by atoms with Crippen LogP contribution < -0.4 is 3.71 Å². The van der Waals surface area contributed by atoms with Crippen molar-refractivity contribution in [1.29, 1.82) is 0 Å². The summed E-state index contributed by atoms with van der Waals surface area (Å²) >= 11 is -2.81. The van der Waals surface area contributed by atoms with E-state index in [1.165, 1.54) is 32.6 Å². The Bertz CT molecular complexity index is 648. The van der Waals surface area contributed by atoms with Gasteiger partial charge in [0, 0.05) is 0 Å². The second-order valence-corrected chi connectivity index (χ2v) is 20.6. The van der Waals surface area contributed by atoms with Gasteiger partial charge in [-0.3, -0.25) is 0 Å². The van der Waals surface area contributed by atoms with Crippen molar-refractivity contribution in [2.75, 3.05) is 0 Å². The number of nitrogens with zero attached hydrogens (tertiary/aromatic N) is 2. The van der Waals surface area contributed by atoms with Crippen LogP contribution in [0.2, 0.25) is 13.3 Å². The Labute approximate surface area is 167 Å². The molecule has 0 aliphatic carbocycles. The van der Waals surface area contributed by atoms with Gasteiger partial charge in [-0.15, -0.1) is 0 Å². The van der Waals surface area contributed by atoms with Crippen LogP contribution in [0.1, 0.15) is 65.8 Å². The zero-order valence-corrected chi connectivity index (χ0v) is 19.9. The molecule has 1 aromatic carbocycles. The predicted octanol–water partition coefficient (Wildman–Crippen LogP) is 7.00. The van der Waals surface area contributed by atoms with Crippen molar-refractivity contribution >= 4 is 22.1 Å². The molecule has 0 radical (unpaired) electrons. The molecule has 0 aliphatic rings. The monoisotopic (exact) mass is 484 g/mol. The molecule has 0 unspecified atom stereocenters. The van der Waals surface area contributed by atoms with E-state index >= 15 is 0 Å². The standard InChI is InChI=1S/C10H7F2N2.3C4H9.Sn/c11-10(12)14-9(6-7-13-14)8-4-2-1-3-5-8;3*1-3-4-2;/h1-6,10H;3*1,3-4H2,2H3;. The van der Waals surface area contributed by atoms with Gasteiger partial charge in [0.15, 0.2) is 0 Å². The van der Waals surface area contributed by atoms with Crippen LogP contribution in [0.4, 0.5) is 8.78 Å². The van der Waals surface area contributed by atoms with Gasteiger partial charge in [-0.2, -0.15) is 0 Å². The van der Waals surface area contributed by atoms with Gasteiger partial charge in [-0.05, 0) is 0 Å². The third kappa shape index (κ3) is 5.78. The molecule has 2 nitrogen and oxygen atoms in total. The summed E-state index contributed by atoms with van der Waals surface area (Å²) in [5.41, 5.74) is 1.41. The molecule has 5 heteroatoms. The molecule has 1 heterocycles. The van der Waals surface area contributed by atoms with Crippen molar-refractivity contribution in [3.63, 3.8) is 0 Å². The topological polar surface area (TPSA) is 17.8 Å². The summed E-state index contributed by atoms with van der Waals surface area (Å²) in [6.07, 6.45) is 7.09. The van der Waals surface area contributed by atoms with E-state index in [1.807, 2.05) is 36.4 Å². The van der Waals surface area contributed by atoms with Crippen molar-refractivity contribution in [1.82, 2.24) is 9.78 Å². The van der Waals surface area contributed by atoms with E-state index in [-0.39, 0.29) is 0 Å². The Hall–Kier alpha value is -0.911. The fraction of sp³-hybridized carbons (Fsp3) is 0.591. The molecule has 0 N–H and O–H groups in total. The molecule has 0 fully saturated rings. The number of hydrogen-bond donors (Lipinski definition) is 0. The summed E-state index contributed by atoms with van der Waals surface area (Å²) in [6.45, 7) is 4.08. The van der Waals surface area contributed by atoms with Gasteiger partial charge in [0.2, 0.25) is 0 Å². The van der Waals surface area contributed by atoms with Gasteiger partial charge < -0.3 is 0 Å². The quantitative estimate of drug-likeness (QED) is 0.298. The van der Waals surface area contributed by atoms with Crippen LogP contribution in [0.15, 0.2) is 36.4 Å². The summed E-state index contributed by atoms with van der Waals surface area (Å²) < 4.78 is 33.3. The first-order chi connectivity index (χ1) is 13.1. The third-order valence-electron chi connectivity index (χ3n) is 5.56. The summed E-state index contributed by atoms with van der Waals surface area (Å²) in [6, 6.07) is 11.6. The number of rotatable bonds is 12. The van der Waals surface area contributed by atoms with Crippen LogP contribution in [0.3, 0.4) is 0 Å². The van der Waals surface area contributed by atoms with E-state index in [0.29, 0.717) is 5.69 Å². The second kappa shape index (κ2) is 11.2. The number of hydrogen-bond acceptors (Lipinski definition) is 1. The van der Waals surface area contributed by atoms with E-state index in [2.05, 4.69) is 25.9 Å². The number of alkyl halides is 2. The van der Waals surface area contributed by atoms with Gasteiger partial charge in [-0.1, -0.05) is 0 Å². The van der Waals surface area contributed by atoms with Crippen molar-refractivity contribution in [3.05, 3.63) is 36.4 Å². The molecule has 0 saturated carbocycles. The van der Waals surface area contributed by atoms with E-state index in [1.54, 1.807) is 0 Å². The Balaban J connectivity index is 2.52. The predicted molar refractivity (Wildman–Crippen MR) is 113 cm³/mol. The molecule has 1 aromatic heterocycles. The third-order valence-corrected chi connectivity index (χ3v) is 20.6. The minimum atomic E-state index is -2.81. The molecule has 2 rings (SSSR count). The number of aromatic nitrogens is 2. The van der Waals surface area contributed by atoms with Gasteiger partial charge in [0.1, 0.15) is 0 Å². The van der Waals surface area contributed by atoms with Gasteiger partial charge in [0.25, 0.3) is 0 Å². The molecule has 0 bridgehead atoms. The number of unbranched alkanes of at least 4 members (excludes halogenated alkanes) is 3. The van der Waals surface area contributed by atoms with Crippen LogP contribution in [-0.4, -0.2) is 28.2 Å². The van der Waals surface area contributed by atoms with Crippen LogP contribution in [0, 0.1) is 0 Å². The molecule has 0 saturated heterocycles. The van der Waals surface area contributed by atoms with Crippen LogP contribution in [-0.2, 0) is 0 Å². The molecule has 0 aliphatic heterocycles. The first-order valence-corrected chi connectivity index (χ1v) is 18.0.